The molecule has 0 spiro atoms. The Morgan fingerprint density at radius 1 is 1.32 bits per heavy atom. The van der Waals surface area contributed by atoms with E-state index in [-0.39, 0.29) is 0 Å². The zero-order valence-corrected chi connectivity index (χ0v) is 12.1. The molecule has 2 rings (SSSR count). The van der Waals surface area contributed by atoms with Gasteiger partial charge in [-0.15, -0.1) is 0 Å². The maximum absolute atomic E-state index is 11.0. The lowest BCUT2D eigenvalue weighted by Gasteiger charge is -2.27. The molecule has 3 heteroatoms. The minimum atomic E-state index is -0.712. The summed E-state index contributed by atoms with van der Waals surface area (Å²) < 4.78 is 0. The third-order valence-corrected chi connectivity index (χ3v) is 5.25. The number of carboxylic acids is 1. The van der Waals surface area contributed by atoms with E-state index in [1.807, 2.05) is 0 Å². The maximum Gasteiger partial charge on any atom is 0.309 e. The summed E-state index contributed by atoms with van der Waals surface area (Å²) in [6.07, 6.45) is 11.0. The fourth-order valence-corrected chi connectivity index (χ4v) is 3.73. The van der Waals surface area contributed by atoms with Crippen molar-refractivity contribution in [2.75, 3.05) is 0 Å². The molecule has 4 unspecified atom stereocenters. The van der Waals surface area contributed by atoms with Crippen LogP contribution >= 0.6 is 0 Å². The van der Waals surface area contributed by atoms with Gasteiger partial charge < -0.3 is 10.8 Å². The smallest absolute Gasteiger partial charge is 0.309 e. The number of hydrogen-bond acceptors (Lipinski definition) is 2. The Bertz CT molecular complexity index is 360. The van der Waals surface area contributed by atoms with Gasteiger partial charge in [0.25, 0.3) is 0 Å². The Hall–Kier alpha value is -0.830. The van der Waals surface area contributed by atoms with E-state index in [0.29, 0.717) is 18.4 Å². The fraction of sp³-hybridized carbons (Fsp3) is 0.812. The standard InChI is InChI=1S/C16H27NO2/c1-16(2,15(18)19)9-5-3-4-6-13-11-7-8-12(10-11)14(13)17/h3-4,11-14H,5-10,17H2,1-2H3,(H,18,19). The molecule has 0 amide bonds. The minimum absolute atomic E-state index is 0.402. The molecule has 0 radical (unpaired) electrons. The number of allylic oxidation sites excluding steroid dienone is 2. The lowest BCUT2D eigenvalue weighted by molar-refractivity contribution is -0.147. The van der Waals surface area contributed by atoms with Crippen LogP contribution in [0.5, 0.6) is 0 Å². The third-order valence-electron chi connectivity index (χ3n) is 5.25. The Morgan fingerprint density at radius 3 is 2.58 bits per heavy atom. The van der Waals surface area contributed by atoms with Gasteiger partial charge in [0.2, 0.25) is 0 Å². The van der Waals surface area contributed by atoms with E-state index in [4.69, 9.17) is 10.8 Å². The van der Waals surface area contributed by atoms with Gasteiger partial charge in [0.05, 0.1) is 5.41 Å². The van der Waals surface area contributed by atoms with Gasteiger partial charge in [-0.2, -0.15) is 0 Å². The number of rotatable bonds is 6. The molecule has 3 N–H and O–H groups in total. The summed E-state index contributed by atoms with van der Waals surface area (Å²) in [6.45, 7) is 3.57. The highest BCUT2D eigenvalue weighted by Gasteiger charge is 2.44. The van der Waals surface area contributed by atoms with Crippen molar-refractivity contribution in [1.29, 1.82) is 0 Å². The van der Waals surface area contributed by atoms with Gasteiger partial charge in [0.1, 0.15) is 0 Å². The number of carboxylic acid groups (broad SMARTS) is 1. The first-order valence-electron chi connectivity index (χ1n) is 7.56. The predicted molar refractivity (Wildman–Crippen MR) is 76.7 cm³/mol. The van der Waals surface area contributed by atoms with Gasteiger partial charge >= 0.3 is 5.97 Å². The SMILES string of the molecule is CC(C)(CCC=CCC1C2CCC(C2)C1N)C(=O)O. The second kappa shape index (κ2) is 5.66. The van der Waals surface area contributed by atoms with E-state index in [9.17, 15) is 4.79 Å². The molecule has 2 fully saturated rings. The average Bonchev–Trinajstić information content (AvgIpc) is 2.91. The number of aliphatic carboxylic acids is 1. The van der Waals surface area contributed by atoms with Crippen LogP contribution in [-0.2, 0) is 4.79 Å². The van der Waals surface area contributed by atoms with Crippen molar-refractivity contribution in [3.8, 4) is 0 Å². The first-order valence-corrected chi connectivity index (χ1v) is 7.56. The normalized spacial score (nSPS) is 34.3. The minimum Gasteiger partial charge on any atom is -0.481 e. The van der Waals surface area contributed by atoms with Crippen molar-refractivity contribution >= 4 is 5.97 Å². The second-order valence-electron chi connectivity index (χ2n) is 7.01. The number of nitrogens with two attached hydrogens (primary N) is 1. The largest absolute Gasteiger partial charge is 0.481 e. The van der Waals surface area contributed by atoms with Crippen LogP contribution in [0.15, 0.2) is 12.2 Å². The first-order chi connectivity index (χ1) is 8.92. The molecule has 19 heavy (non-hydrogen) atoms. The zero-order chi connectivity index (χ0) is 14.0. The summed E-state index contributed by atoms with van der Waals surface area (Å²) in [5.41, 5.74) is 5.66. The molecule has 0 aromatic heterocycles. The van der Waals surface area contributed by atoms with Crippen LogP contribution in [0.2, 0.25) is 0 Å². The van der Waals surface area contributed by atoms with Gasteiger partial charge in [0.15, 0.2) is 0 Å². The Balaban J connectivity index is 1.71. The molecule has 3 nitrogen and oxygen atoms in total. The Labute approximate surface area is 116 Å². The molecule has 2 bridgehead atoms. The molecule has 4 atom stereocenters. The van der Waals surface area contributed by atoms with Gasteiger partial charge in [-0.3, -0.25) is 4.79 Å². The van der Waals surface area contributed by atoms with Crippen LogP contribution in [0, 0.1) is 23.2 Å². The van der Waals surface area contributed by atoms with Crippen molar-refractivity contribution in [1.82, 2.24) is 0 Å². The molecule has 2 aliphatic carbocycles. The van der Waals surface area contributed by atoms with Crippen molar-refractivity contribution in [3.63, 3.8) is 0 Å². The summed E-state index contributed by atoms with van der Waals surface area (Å²) >= 11 is 0. The summed E-state index contributed by atoms with van der Waals surface area (Å²) in [5, 5.41) is 9.04. The summed E-state index contributed by atoms with van der Waals surface area (Å²) in [4.78, 5) is 11.0. The van der Waals surface area contributed by atoms with Gasteiger partial charge in [-0.25, -0.2) is 0 Å². The topological polar surface area (TPSA) is 63.3 Å². The molecule has 0 aromatic rings. The quantitative estimate of drug-likeness (QED) is 0.725. The molecule has 2 aliphatic rings. The van der Waals surface area contributed by atoms with Crippen molar-refractivity contribution in [3.05, 3.63) is 12.2 Å². The van der Waals surface area contributed by atoms with Crippen LogP contribution in [-0.4, -0.2) is 17.1 Å². The van der Waals surface area contributed by atoms with Crippen LogP contribution in [0.1, 0.15) is 52.4 Å². The summed E-state index contributed by atoms with van der Waals surface area (Å²) in [7, 11) is 0. The number of hydrogen-bond donors (Lipinski definition) is 2. The highest BCUT2D eigenvalue weighted by molar-refractivity contribution is 5.73. The maximum atomic E-state index is 11.0. The monoisotopic (exact) mass is 265 g/mol. The van der Waals surface area contributed by atoms with E-state index >= 15 is 0 Å². The number of carbonyl (C=O) groups is 1. The van der Waals surface area contributed by atoms with Crippen molar-refractivity contribution in [2.45, 2.75) is 58.4 Å². The molecule has 0 aromatic carbocycles. The Morgan fingerprint density at radius 2 is 2.00 bits per heavy atom. The molecule has 0 aliphatic heterocycles. The highest BCUT2D eigenvalue weighted by Crippen LogP contribution is 2.48. The molecular formula is C16H27NO2. The van der Waals surface area contributed by atoms with E-state index in [1.165, 1.54) is 19.3 Å². The van der Waals surface area contributed by atoms with E-state index in [2.05, 4.69) is 12.2 Å². The third kappa shape index (κ3) is 3.19. The summed E-state index contributed by atoms with van der Waals surface area (Å²) in [5.74, 6) is 1.58. The highest BCUT2D eigenvalue weighted by atomic mass is 16.4. The molecule has 2 saturated carbocycles. The second-order valence-corrected chi connectivity index (χ2v) is 7.01. The predicted octanol–water partition coefficient (Wildman–Crippen LogP) is 3.20. The molecule has 108 valence electrons. The van der Waals surface area contributed by atoms with Gasteiger partial charge in [0, 0.05) is 6.04 Å². The van der Waals surface area contributed by atoms with Crippen LogP contribution < -0.4 is 5.73 Å². The van der Waals surface area contributed by atoms with Crippen LogP contribution in [0.25, 0.3) is 0 Å². The lowest BCUT2D eigenvalue weighted by Crippen LogP contribution is -2.35. The van der Waals surface area contributed by atoms with Crippen LogP contribution in [0.4, 0.5) is 0 Å². The molecule has 0 saturated heterocycles. The zero-order valence-electron chi connectivity index (χ0n) is 12.1. The fourth-order valence-electron chi connectivity index (χ4n) is 3.73. The van der Waals surface area contributed by atoms with Gasteiger partial charge in [-0.1, -0.05) is 12.2 Å². The number of fused-ring (bicyclic) bond motifs is 2. The van der Waals surface area contributed by atoms with E-state index < -0.39 is 11.4 Å². The van der Waals surface area contributed by atoms with Crippen molar-refractivity contribution in [2.24, 2.45) is 28.9 Å². The summed E-state index contributed by atoms with van der Waals surface area (Å²) in [6, 6.07) is 0.402. The van der Waals surface area contributed by atoms with E-state index in [0.717, 1.165) is 24.7 Å². The lowest BCUT2D eigenvalue weighted by atomic mass is 9.82. The molecule has 0 heterocycles. The molecular weight excluding hydrogens is 238 g/mol. The average molecular weight is 265 g/mol. The first kappa shape index (κ1) is 14.6. The van der Waals surface area contributed by atoms with Gasteiger partial charge in [-0.05, 0) is 70.1 Å². The van der Waals surface area contributed by atoms with Crippen molar-refractivity contribution < 1.29 is 9.90 Å². The Kier molecular flexibility index (Phi) is 4.34. The van der Waals surface area contributed by atoms with E-state index in [1.54, 1.807) is 13.8 Å². The van der Waals surface area contributed by atoms with Crippen LogP contribution in [0.3, 0.4) is 0 Å².